The van der Waals surface area contributed by atoms with Crippen LogP contribution in [0, 0.1) is 6.92 Å². The van der Waals surface area contributed by atoms with Crippen LogP contribution in [0.3, 0.4) is 0 Å². The molecule has 4 heteroatoms. The average molecular weight is 1140 g/mol. The van der Waals surface area contributed by atoms with Crippen molar-refractivity contribution in [3.63, 3.8) is 0 Å². The van der Waals surface area contributed by atoms with Crippen molar-refractivity contribution in [1.29, 1.82) is 0 Å². The van der Waals surface area contributed by atoms with Crippen LogP contribution in [0.15, 0.2) is 303 Å². The highest BCUT2D eigenvalue weighted by Gasteiger charge is 2.22. The molecule has 89 heavy (non-hydrogen) atoms. The first-order valence-electron chi connectivity index (χ1n) is 30.8. The van der Waals surface area contributed by atoms with Crippen molar-refractivity contribution in [3.05, 3.63) is 315 Å². The molecule has 0 aliphatic heterocycles. The highest BCUT2D eigenvalue weighted by atomic mass is 15.1. The van der Waals surface area contributed by atoms with Gasteiger partial charge in [0.15, 0.2) is 0 Å². The Morgan fingerprint density at radius 2 is 0.663 bits per heavy atom. The number of nitrogens with zero attached hydrogens (tertiary/aromatic N) is 4. The molecular formula is C85H58N4. The van der Waals surface area contributed by atoms with Gasteiger partial charge in [0.25, 0.3) is 0 Å². The minimum atomic E-state index is 0.847. The Labute approximate surface area is 516 Å². The van der Waals surface area contributed by atoms with Crippen molar-refractivity contribution in [2.45, 2.75) is 20.3 Å². The minimum absolute atomic E-state index is 0.847. The molecule has 0 bridgehead atoms. The van der Waals surface area contributed by atoms with Crippen LogP contribution in [0.1, 0.15) is 18.6 Å². The molecule has 15 aromatic carbocycles. The predicted octanol–water partition coefficient (Wildman–Crippen LogP) is 22.7. The minimum Gasteiger partial charge on any atom is -0.297 e. The molecule has 0 saturated heterocycles. The largest absolute Gasteiger partial charge is 0.297 e. The van der Waals surface area contributed by atoms with Crippen molar-refractivity contribution < 1.29 is 0 Å². The number of rotatable bonds is 10. The van der Waals surface area contributed by atoms with Crippen LogP contribution in [0.25, 0.3) is 165 Å². The van der Waals surface area contributed by atoms with Gasteiger partial charge in [-0.2, -0.15) is 0 Å². The molecule has 0 saturated carbocycles. The summed E-state index contributed by atoms with van der Waals surface area (Å²) >= 11 is 0. The molecule has 0 atom stereocenters. The lowest BCUT2D eigenvalue weighted by Gasteiger charge is -2.20. The SMILES string of the molecule is CCc1nc2ccccc2n1-c1ccc(-c2c3ccccc3c(-c3cccc4cc(-c5cccc(-c6cc(-c7ccccc7)cc(-c7c8ccccc8c(-c8ccc(-n9c(C)nc%10ccccc%109)cc8)c8ccccc78)c6)c5)ccc34)c3ccccc23)cc1. The second kappa shape index (κ2) is 21.2. The Morgan fingerprint density at radius 1 is 0.270 bits per heavy atom. The molecule has 0 radical (unpaired) electrons. The third-order valence-electron chi connectivity index (χ3n) is 18.4. The average Bonchev–Trinajstić information content (AvgIpc) is 1.89. The number of para-hydroxylation sites is 4. The summed E-state index contributed by atoms with van der Waals surface area (Å²) in [5.41, 5.74) is 23.2. The van der Waals surface area contributed by atoms with Crippen LogP contribution in [0.4, 0.5) is 0 Å². The summed E-state index contributed by atoms with van der Waals surface area (Å²) in [4.78, 5) is 9.86. The van der Waals surface area contributed by atoms with Crippen molar-refractivity contribution in [3.8, 4) is 89.3 Å². The number of imidazole rings is 2. The predicted molar refractivity (Wildman–Crippen MR) is 375 cm³/mol. The Balaban J connectivity index is 0.760. The zero-order valence-electron chi connectivity index (χ0n) is 49.4. The van der Waals surface area contributed by atoms with E-state index < -0.39 is 0 Å². The first-order chi connectivity index (χ1) is 44.0. The molecule has 0 aliphatic rings. The molecular weight excluding hydrogens is 1080 g/mol. The lowest BCUT2D eigenvalue weighted by Crippen LogP contribution is -2.00. The fraction of sp³-hybridized carbons (Fsp3) is 0.0353. The van der Waals surface area contributed by atoms with Crippen molar-refractivity contribution in [2.24, 2.45) is 0 Å². The van der Waals surface area contributed by atoms with Gasteiger partial charge in [0.2, 0.25) is 0 Å². The van der Waals surface area contributed by atoms with E-state index in [0.29, 0.717) is 0 Å². The van der Waals surface area contributed by atoms with Gasteiger partial charge in [-0.1, -0.05) is 231 Å². The highest BCUT2D eigenvalue weighted by molar-refractivity contribution is 6.24. The molecule has 2 aromatic heterocycles. The number of aryl methyl sites for hydroxylation is 2. The molecule has 2 heterocycles. The van der Waals surface area contributed by atoms with Crippen LogP contribution < -0.4 is 0 Å². The van der Waals surface area contributed by atoms with E-state index in [9.17, 15) is 0 Å². The first kappa shape index (κ1) is 51.9. The van der Waals surface area contributed by atoms with E-state index in [2.05, 4.69) is 326 Å². The summed E-state index contributed by atoms with van der Waals surface area (Å²) in [6.45, 7) is 4.26. The maximum Gasteiger partial charge on any atom is 0.114 e. The maximum atomic E-state index is 4.98. The van der Waals surface area contributed by atoms with Gasteiger partial charge in [0.05, 0.1) is 22.1 Å². The van der Waals surface area contributed by atoms with Gasteiger partial charge in [-0.15, -0.1) is 0 Å². The number of benzene rings is 15. The van der Waals surface area contributed by atoms with Gasteiger partial charge in [-0.05, 0) is 218 Å². The lowest BCUT2D eigenvalue weighted by atomic mass is 9.84. The molecule has 17 rings (SSSR count). The fourth-order valence-electron chi connectivity index (χ4n) is 14.4. The standard InChI is InChI=1S/C85H58N4/c1-3-81-87-78-36-16-18-38-80(78)89(81)66-46-41-57(42-47-66)83-73-30-11-13-32-75(73)85(76-33-14-12-31-74(76)83)68-34-20-25-61-50-60(43-48-67(61)68)58-23-19-24-59(49-58)63-51-62(55-21-5-4-6-22-55)52-64(53-63)84-71-28-9-7-26-69(71)82(70-27-8-10-29-72(70)84)56-39-44-65(45-40-56)88-54(2)86-77-35-15-17-37-79(77)88/h4-53H,3H2,1-2H3. The van der Waals surface area contributed by atoms with E-state index in [1.807, 2.05) is 0 Å². The lowest BCUT2D eigenvalue weighted by molar-refractivity contribution is 0.908. The maximum absolute atomic E-state index is 4.98. The quantitative estimate of drug-likeness (QED) is 0.128. The van der Waals surface area contributed by atoms with Crippen LogP contribution in [0.2, 0.25) is 0 Å². The molecule has 0 amide bonds. The first-order valence-corrected chi connectivity index (χ1v) is 30.8. The molecule has 0 spiro atoms. The van der Waals surface area contributed by atoms with E-state index in [0.717, 1.165) is 62.6 Å². The zero-order chi connectivity index (χ0) is 59.1. The highest BCUT2D eigenvalue weighted by Crippen LogP contribution is 2.48. The molecule has 4 nitrogen and oxygen atoms in total. The number of aromatic nitrogens is 4. The molecule has 0 N–H and O–H groups in total. The second-order valence-corrected chi connectivity index (χ2v) is 23.5. The Bertz CT molecular complexity index is 5540. The molecule has 17 aromatic rings. The van der Waals surface area contributed by atoms with Gasteiger partial charge in [-0.25, -0.2) is 9.97 Å². The van der Waals surface area contributed by atoms with Crippen LogP contribution >= 0.6 is 0 Å². The summed E-state index contributed by atoms with van der Waals surface area (Å²) in [6, 6.07) is 112. The molecule has 0 fully saturated rings. The molecule has 0 aliphatic carbocycles. The normalized spacial score (nSPS) is 11.8. The summed E-state index contributed by atoms with van der Waals surface area (Å²) in [7, 11) is 0. The van der Waals surface area contributed by atoms with Crippen LogP contribution in [-0.4, -0.2) is 19.1 Å². The van der Waals surface area contributed by atoms with Crippen LogP contribution in [-0.2, 0) is 6.42 Å². The van der Waals surface area contributed by atoms with Gasteiger partial charge in [0.1, 0.15) is 11.6 Å². The van der Waals surface area contributed by atoms with Crippen molar-refractivity contribution >= 4 is 75.9 Å². The monoisotopic (exact) mass is 1130 g/mol. The zero-order valence-corrected chi connectivity index (χ0v) is 49.4. The smallest absolute Gasteiger partial charge is 0.114 e. The van der Waals surface area contributed by atoms with E-state index in [4.69, 9.17) is 9.97 Å². The van der Waals surface area contributed by atoms with E-state index in [-0.39, 0.29) is 0 Å². The van der Waals surface area contributed by atoms with Gasteiger partial charge in [-0.3, -0.25) is 9.13 Å². The van der Waals surface area contributed by atoms with E-state index >= 15 is 0 Å². The van der Waals surface area contributed by atoms with Gasteiger partial charge < -0.3 is 0 Å². The van der Waals surface area contributed by atoms with Crippen LogP contribution in [0.5, 0.6) is 0 Å². The Hall–Kier alpha value is -11.5. The van der Waals surface area contributed by atoms with Gasteiger partial charge >= 0.3 is 0 Å². The summed E-state index contributed by atoms with van der Waals surface area (Å²) < 4.78 is 4.55. The summed E-state index contributed by atoms with van der Waals surface area (Å²) in [6.07, 6.45) is 0.847. The third kappa shape index (κ3) is 8.66. The number of hydrogen-bond donors (Lipinski definition) is 0. The van der Waals surface area contributed by atoms with Gasteiger partial charge in [0, 0.05) is 17.8 Å². The van der Waals surface area contributed by atoms with E-state index in [1.54, 1.807) is 0 Å². The fourth-order valence-corrected chi connectivity index (χ4v) is 14.4. The molecule has 0 unspecified atom stereocenters. The third-order valence-corrected chi connectivity index (χ3v) is 18.4. The Morgan fingerprint density at radius 3 is 1.22 bits per heavy atom. The van der Waals surface area contributed by atoms with Crippen molar-refractivity contribution in [1.82, 2.24) is 19.1 Å². The summed E-state index contributed by atoms with van der Waals surface area (Å²) in [5.74, 6) is 2.03. The summed E-state index contributed by atoms with van der Waals surface area (Å²) in [5, 5.41) is 12.2. The number of fused-ring (bicyclic) bond motifs is 7. The molecule has 418 valence electrons. The van der Waals surface area contributed by atoms with E-state index in [1.165, 1.54) is 121 Å². The van der Waals surface area contributed by atoms with Crippen molar-refractivity contribution in [2.75, 3.05) is 0 Å². The topological polar surface area (TPSA) is 35.6 Å². The number of hydrogen-bond acceptors (Lipinski definition) is 2. The Kier molecular flexibility index (Phi) is 12.4. The second-order valence-electron chi connectivity index (χ2n) is 23.5.